The van der Waals surface area contributed by atoms with E-state index in [1.807, 2.05) is 13.8 Å². The highest BCUT2D eigenvalue weighted by molar-refractivity contribution is 5.73. The number of carboxylic acids is 1. The van der Waals surface area contributed by atoms with Gasteiger partial charge >= 0.3 is 5.97 Å². The SMILES string of the molecule is Cc1ncnc(OC2CNC(C(=O)O)C2)c1C. The molecule has 2 atom stereocenters. The van der Waals surface area contributed by atoms with E-state index in [0.29, 0.717) is 18.8 Å². The van der Waals surface area contributed by atoms with Crippen LogP contribution in [0.15, 0.2) is 6.33 Å². The summed E-state index contributed by atoms with van der Waals surface area (Å²) in [6, 6.07) is -0.525. The first-order chi connectivity index (χ1) is 8.08. The fraction of sp³-hybridized carbons (Fsp3) is 0.545. The van der Waals surface area contributed by atoms with Gasteiger partial charge in [0.15, 0.2) is 0 Å². The van der Waals surface area contributed by atoms with E-state index in [0.717, 1.165) is 11.3 Å². The van der Waals surface area contributed by atoms with Gasteiger partial charge in [-0.1, -0.05) is 0 Å². The molecular weight excluding hydrogens is 222 g/mol. The first-order valence-corrected chi connectivity index (χ1v) is 5.49. The van der Waals surface area contributed by atoms with E-state index in [9.17, 15) is 4.79 Å². The summed E-state index contributed by atoms with van der Waals surface area (Å²) >= 11 is 0. The lowest BCUT2D eigenvalue weighted by Gasteiger charge is -2.13. The van der Waals surface area contributed by atoms with E-state index in [-0.39, 0.29) is 6.10 Å². The van der Waals surface area contributed by atoms with Gasteiger partial charge in [0.25, 0.3) is 0 Å². The third-order valence-corrected chi connectivity index (χ3v) is 2.96. The fourth-order valence-electron chi connectivity index (χ4n) is 1.77. The van der Waals surface area contributed by atoms with Gasteiger partial charge in [-0.05, 0) is 13.8 Å². The van der Waals surface area contributed by atoms with Crippen molar-refractivity contribution in [2.45, 2.75) is 32.4 Å². The van der Waals surface area contributed by atoms with E-state index < -0.39 is 12.0 Å². The zero-order valence-corrected chi connectivity index (χ0v) is 9.80. The minimum atomic E-state index is -0.841. The van der Waals surface area contributed by atoms with Gasteiger partial charge in [-0.2, -0.15) is 0 Å². The van der Waals surface area contributed by atoms with Gasteiger partial charge in [0.05, 0.1) is 0 Å². The molecule has 0 aliphatic carbocycles. The van der Waals surface area contributed by atoms with Crippen molar-refractivity contribution >= 4 is 5.97 Å². The molecular formula is C11H15N3O3. The second kappa shape index (κ2) is 4.67. The van der Waals surface area contributed by atoms with Crippen molar-refractivity contribution in [1.82, 2.24) is 15.3 Å². The first kappa shape index (κ1) is 11.8. The molecule has 6 heteroatoms. The van der Waals surface area contributed by atoms with Crippen LogP contribution in [0.3, 0.4) is 0 Å². The summed E-state index contributed by atoms with van der Waals surface area (Å²) in [6.45, 7) is 4.30. The van der Waals surface area contributed by atoms with Crippen LogP contribution >= 0.6 is 0 Å². The fourth-order valence-corrected chi connectivity index (χ4v) is 1.77. The van der Waals surface area contributed by atoms with Crippen LogP contribution in [0.5, 0.6) is 5.88 Å². The molecule has 0 amide bonds. The number of hydrogen-bond donors (Lipinski definition) is 2. The van der Waals surface area contributed by atoms with Gasteiger partial charge in [-0.3, -0.25) is 4.79 Å². The van der Waals surface area contributed by atoms with E-state index in [2.05, 4.69) is 15.3 Å². The third kappa shape index (κ3) is 2.52. The van der Waals surface area contributed by atoms with Crippen molar-refractivity contribution < 1.29 is 14.6 Å². The second-order valence-corrected chi connectivity index (χ2v) is 4.16. The van der Waals surface area contributed by atoms with Gasteiger partial charge < -0.3 is 15.2 Å². The van der Waals surface area contributed by atoms with Crippen LogP contribution in [-0.4, -0.2) is 39.7 Å². The van der Waals surface area contributed by atoms with Gasteiger partial charge in [0.1, 0.15) is 18.5 Å². The molecule has 2 unspecified atom stereocenters. The average Bonchev–Trinajstić information content (AvgIpc) is 2.73. The Balaban J connectivity index is 2.03. The van der Waals surface area contributed by atoms with Crippen LogP contribution in [0.4, 0.5) is 0 Å². The predicted molar refractivity (Wildman–Crippen MR) is 60.0 cm³/mol. The van der Waals surface area contributed by atoms with Gasteiger partial charge in [-0.25, -0.2) is 9.97 Å². The van der Waals surface area contributed by atoms with Crippen LogP contribution in [0.2, 0.25) is 0 Å². The number of aryl methyl sites for hydroxylation is 1. The maximum absolute atomic E-state index is 10.8. The van der Waals surface area contributed by atoms with Crippen molar-refractivity contribution in [2.75, 3.05) is 6.54 Å². The lowest BCUT2D eigenvalue weighted by atomic mass is 10.2. The van der Waals surface area contributed by atoms with Gasteiger partial charge in [0, 0.05) is 24.2 Å². The molecule has 2 heterocycles. The molecule has 0 aromatic carbocycles. The topological polar surface area (TPSA) is 84.3 Å². The number of carboxylic acid groups (broad SMARTS) is 1. The summed E-state index contributed by atoms with van der Waals surface area (Å²) in [5.41, 5.74) is 1.77. The van der Waals surface area contributed by atoms with E-state index >= 15 is 0 Å². The molecule has 1 fully saturated rings. The molecule has 1 saturated heterocycles. The summed E-state index contributed by atoms with van der Waals surface area (Å²) < 4.78 is 5.69. The standard InChI is InChI=1S/C11H15N3O3/c1-6-7(2)13-5-14-10(6)17-8-3-9(11(15)16)12-4-8/h5,8-9,12H,3-4H2,1-2H3,(H,15,16). The maximum Gasteiger partial charge on any atom is 0.320 e. The molecule has 1 aliphatic rings. The summed E-state index contributed by atoms with van der Waals surface area (Å²) in [5, 5.41) is 11.7. The summed E-state index contributed by atoms with van der Waals surface area (Å²) in [4.78, 5) is 18.9. The number of ether oxygens (including phenoxy) is 1. The number of aromatic nitrogens is 2. The zero-order chi connectivity index (χ0) is 12.4. The molecule has 0 bridgehead atoms. The Morgan fingerprint density at radius 1 is 1.53 bits per heavy atom. The number of aliphatic carboxylic acids is 1. The van der Waals surface area contributed by atoms with Crippen LogP contribution in [-0.2, 0) is 4.79 Å². The number of nitrogens with one attached hydrogen (secondary N) is 1. The molecule has 17 heavy (non-hydrogen) atoms. The lowest BCUT2D eigenvalue weighted by molar-refractivity contribution is -0.139. The van der Waals surface area contributed by atoms with Crippen molar-refractivity contribution in [1.29, 1.82) is 0 Å². The second-order valence-electron chi connectivity index (χ2n) is 4.16. The van der Waals surface area contributed by atoms with Crippen LogP contribution < -0.4 is 10.1 Å². The highest BCUT2D eigenvalue weighted by Crippen LogP contribution is 2.20. The number of rotatable bonds is 3. The molecule has 0 radical (unpaired) electrons. The number of nitrogens with zero attached hydrogens (tertiary/aromatic N) is 2. The molecule has 2 rings (SSSR count). The monoisotopic (exact) mass is 237 g/mol. The minimum absolute atomic E-state index is 0.149. The molecule has 1 aliphatic heterocycles. The molecule has 6 nitrogen and oxygen atoms in total. The minimum Gasteiger partial charge on any atom is -0.480 e. The quantitative estimate of drug-likeness (QED) is 0.786. The molecule has 92 valence electrons. The maximum atomic E-state index is 10.8. The normalized spacial score (nSPS) is 23.6. The average molecular weight is 237 g/mol. The van der Waals surface area contributed by atoms with Crippen molar-refractivity contribution in [3.63, 3.8) is 0 Å². The molecule has 1 aromatic heterocycles. The Hall–Kier alpha value is -1.69. The lowest BCUT2D eigenvalue weighted by Crippen LogP contribution is -2.30. The van der Waals surface area contributed by atoms with Gasteiger partial charge in [0.2, 0.25) is 5.88 Å². The van der Waals surface area contributed by atoms with Gasteiger partial charge in [-0.15, -0.1) is 0 Å². The van der Waals surface area contributed by atoms with Crippen LogP contribution in [0.1, 0.15) is 17.7 Å². The van der Waals surface area contributed by atoms with Crippen molar-refractivity contribution in [3.8, 4) is 5.88 Å². The Labute approximate surface area is 99.0 Å². The summed E-state index contributed by atoms with van der Waals surface area (Å²) in [6.07, 6.45) is 1.76. The number of carbonyl (C=O) groups is 1. The van der Waals surface area contributed by atoms with E-state index in [1.54, 1.807) is 0 Å². The van der Waals surface area contributed by atoms with Crippen molar-refractivity contribution in [2.24, 2.45) is 0 Å². The first-order valence-electron chi connectivity index (χ1n) is 5.49. The molecule has 1 aromatic rings. The van der Waals surface area contributed by atoms with Crippen LogP contribution in [0.25, 0.3) is 0 Å². The Morgan fingerprint density at radius 3 is 2.94 bits per heavy atom. The molecule has 2 N–H and O–H groups in total. The van der Waals surface area contributed by atoms with E-state index in [1.165, 1.54) is 6.33 Å². The highest BCUT2D eigenvalue weighted by Gasteiger charge is 2.30. The summed E-state index contributed by atoms with van der Waals surface area (Å²) in [5.74, 6) is -0.304. The third-order valence-electron chi connectivity index (χ3n) is 2.96. The van der Waals surface area contributed by atoms with Crippen LogP contribution in [0, 0.1) is 13.8 Å². The van der Waals surface area contributed by atoms with E-state index in [4.69, 9.17) is 9.84 Å². The largest absolute Gasteiger partial charge is 0.480 e. The smallest absolute Gasteiger partial charge is 0.320 e. The predicted octanol–water partition coefficient (Wildman–Crippen LogP) is 0.287. The summed E-state index contributed by atoms with van der Waals surface area (Å²) in [7, 11) is 0. The molecule has 0 spiro atoms. The Bertz CT molecular complexity index is 436. The van der Waals surface area contributed by atoms with Crippen molar-refractivity contribution in [3.05, 3.63) is 17.6 Å². The zero-order valence-electron chi connectivity index (χ0n) is 9.80. The number of hydrogen-bond acceptors (Lipinski definition) is 5. The Morgan fingerprint density at radius 2 is 2.29 bits per heavy atom. The molecule has 0 saturated carbocycles. The highest BCUT2D eigenvalue weighted by atomic mass is 16.5. The Kier molecular flexibility index (Phi) is 3.23.